The molecule has 80 heavy (non-hydrogen) atoms. The monoisotopic (exact) mass is 1120 g/mol. The van der Waals surface area contributed by atoms with Crippen molar-refractivity contribution in [3.05, 3.63) is 187 Å². The minimum absolute atomic E-state index is 0.00804. The molecule has 7 N–H and O–H groups in total. The van der Waals surface area contributed by atoms with Crippen molar-refractivity contribution in [2.24, 2.45) is 0 Å². The smallest absolute Gasteiger partial charge is 0.363 e. The van der Waals surface area contributed by atoms with Gasteiger partial charge in [-0.15, -0.1) is 4.73 Å². The summed E-state index contributed by atoms with van der Waals surface area (Å²) in [7, 11) is 7.52. The van der Waals surface area contributed by atoms with Crippen LogP contribution >= 0.6 is 23.2 Å². The van der Waals surface area contributed by atoms with Crippen molar-refractivity contribution in [3.63, 3.8) is 0 Å². The Morgan fingerprint density at radius 1 is 0.613 bits per heavy atom. The van der Waals surface area contributed by atoms with Gasteiger partial charge in [0, 0.05) is 97.5 Å². The third-order valence-corrected chi connectivity index (χ3v) is 14.1. The molecule has 2 aromatic heterocycles. The Bertz CT molecular complexity index is 4200. The molecule has 6 aromatic carbocycles. The molecule has 21 heteroatoms. The molecule has 0 saturated carbocycles. The van der Waals surface area contributed by atoms with Crippen LogP contribution in [-0.4, -0.2) is 88.2 Å². The van der Waals surface area contributed by atoms with Gasteiger partial charge in [-0.2, -0.15) is 0 Å². The normalized spacial score (nSPS) is 11.3. The molecular weight excluding hydrogens is 1070 g/mol. The molecule has 19 nitrogen and oxygen atoms in total. The number of aromatic nitrogens is 1. The number of rotatable bonds is 14. The van der Waals surface area contributed by atoms with Crippen molar-refractivity contribution in [3.8, 4) is 51.1 Å². The number of amides is 2. The number of aromatic carboxylic acids is 2. The van der Waals surface area contributed by atoms with Crippen LogP contribution in [0.5, 0.6) is 17.5 Å². The second-order valence-electron chi connectivity index (χ2n) is 18.8. The van der Waals surface area contributed by atoms with Crippen molar-refractivity contribution >= 4 is 97.2 Å². The molecule has 1 aliphatic carbocycles. The molecule has 0 spiro atoms. The van der Waals surface area contributed by atoms with Crippen LogP contribution in [0.25, 0.3) is 66.5 Å². The second-order valence-corrected chi connectivity index (χ2v) is 19.6. The Balaban J connectivity index is 0.899. The molecule has 0 bridgehead atoms. The number of carbonyl (C=O) groups excluding carboxylic acids is 3. The molecule has 0 fully saturated rings. The number of carbonyl (C=O) groups is 5. The van der Waals surface area contributed by atoms with Gasteiger partial charge in [0.05, 0.1) is 67.3 Å². The first-order chi connectivity index (χ1) is 38.2. The predicted octanol–water partition coefficient (Wildman–Crippen LogP) is 10.3. The molecule has 0 unspecified atom stereocenters. The summed E-state index contributed by atoms with van der Waals surface area (Å²) in [5.74, 6) is -6.76. The van der Waals surface area contributed by atoms with Crippen LogP contribution < -0.4 is 30.7 Å². The van der Waals surface area contributed by atoms with Gasteiger partial charge in [-0.05, 0) is 96.1 Å². The summed E-state index contributed by atoms with van der Waals surface area (Å²) in [5, 5.41) is 58.2. The quantitative estimate of drug-likeness (QED) is 0.0394. The van der Waals surface area contributed by atoms with E-state index in [0.717, 1.165) is 29.6 Å². The highest BCUT2D eigenvalue weighted by Crippen LogP contribution is 2.47. The maximum absolute atomic E-state index is 13.9. The molecule has 2 aliphatic rings. The largest absolute Gasteiger partial charge is 0.508 e. The summed E-state index contributed by atoms with van der Waals surface area (Å²) in [6.45, 7) is -0.489. The van der Waals surface area contributed by atoms with Crippen LogP contribution in [0.2, 0.25) is 10.0 Å². The Labute approximate surface area is 462 Å². The molecule has 8 aromatic rings. The van der Waals surface area contributed by atoms with Gasteiger partial charge < -0.3 is 55.2 Å². The van der Waals surface area contributed by atoms with Crippen LogP contribution in [0.15, 0.2) is 141 Å². The summed E-state index contributed by atoms with van der Waals surface area (Å²) >= 11 is 13.9. The average Bonchev–Trinajstić information content (AvgIpc) is 3.88. The highest BCUT2D eigenvalue weighted by molar-refractivity contribution is 6.41. The number of carboxylic acids is 2. The number of fused-ring (bicyclic) bond motifs is 4. The van der Waals surface area contributed by atoms with E-state index in [9.17, 15) is 54.3 Å². The zero-order valence-electron chi connectivity index (χ0n) is 42.5. The van der Waals surface area contributed by atoms with Crippen LogP contribution in [0.3, 0.4) is 0 Å². The molecule has 0 radical (unpaired) electrons. The second kappa shape index (κ2) is 21.0. The molecule has 0 atom stereocenters. The van der Waals surface area contributed by atoms with Crippen LogP contribution in [0.1, 0.15) is 62.9 Å². The summed E-state index contributed by atoms with van der Waals surface area (Å²) in [6.07, 6.45) is 0. The molecule has 2 amide bonds. The molecular formula is C59H44Cl2N5O14+. The maximum Gasteiger partial charge on any atom is 0.363 e. The van der Waals surface area contributed by atoms with Crippen molar-refractivity contribution < 1.29 is 63.2 Å². The number of anilines is 2. The lowest BCUT2D eigenvalue weighted by molar-refractivity contribution is 0.0381. The van der Waals surface area contributed by atoms with Crippen molar-refractivity contribution in [2.45, 2.75) is 13.1 Å². The van der Waals surface area contributed by atoms with Gasteiger partial charge in [0.25, 0.3) is 11.8 Å². The lowest BCUT2D eigenvalue weighted by Crippen LogP contribution is -2.27. The SMILES string of the molecule is CN(C)c1ccc2c(-c3c(Cl)cc(C(=O)NCc4ccc(C(=O)NCc5c6oc7cc(O)ccc7c(-c7cc(C(=O)On8c(O)ccc8O)ccc7C(=O)O)c-6ccc5=O)cc4)c(Cl)c3C(=O)O)c3ccc(N(C)C)cc3[o+]c2c1. The highest BCUT2D eigenvalue weighted by atomic mass is 35.5. The number of aromatic hydroxyl groups is 3. The van der Waals surface area contributed by atoms with Gasteiger partial charge in [-0.25, -0.2) is 18.8 Å². The van der Waals surface area contributed by atoms with Crippen molar-refractivity contribution in [1.29, 1.82) is 0 Å². The number of nitrogens with zero attached hydrogens (tertiary/aromatic N) is 3. The summed E-state index contributed by atoms with van der Waals surface area (Å²) in [5.41, 5.74) is 2.43. The fourth-order valence-electron chi connectivity index (χ4n) is 9.39. The van der Waals surface area contributed by atoms with E-state index < -0.39 is 59.0 Å². The predicted molar refractivity (Wildman–Crippen MR) is 300 cm³/mol. The van der Waals surface area contributed by atoms with E-state index >= 15 is 0 Å². The molecule has 0 saturated heterocycles. The third-order valence-electron chi connectivity index (χ3n) is 13.4. The van der Waals surface area contributed by atoms with Gasteiger partial charge in [0.2, 0.25) is 11.8 Å². The minimum Gasteiger partial charge on any atom is -0.508 e. The number of benzene rings is 7. The van der Waals surface area contributed by atoms with E-state index in [-0.39, 0.29) is 89.1 Å². The standard InChI is InChI=1S/C59H43Cl2N5O14/c1-64(2)31-10-14-36-44(22-31)78-45-23-32(65(3)4)11-15-37(45)50(36)51-42(60)25-40(53(61)52(51)58(75)76)56(72)62-26-28-5-7-29(8-6-28)55(71)63-27-41-43(68)18-17-38-49(35-16-12-33(67)24-46(35)79-54(38)41)39-21-30(9-13-34(39)57(73)74)59(77)80-66-47(69)19-20-48(66)70/h5-25H,26-27H2,1-4H3,(H6-,62,63,67,68,69,70,71,72,73,74,75,76)/p+1. The third kappa shape index (κ3) is 9.82. The lowest BCUT2D eigenvalue weighted by Gasteiger charge is -2.19. The number of carboxylic acid groups (broad SMARTS) is 2. The van der Waals surface area contributed by atoms with Gasteiger partial charge in [-0.3, -0.25) is 14.4 Å². The van der Waals surface area contributed by atoms with Gasteiger partial charge in [-0.1, -0.05) is 35.3 Å². The number of phenols is 1. The summed E-state index contributed by atoms with van der Waals surface area (Å²) in [4.78, 5) is 89.4. The van der Waals surface area contributed by atoms with Crippen LogP contribution in [-0.2, 0) is 13.1 Å². The molecule has 10 rings (SSSR count). The van der Waals surface area contributed by atoms with E-state index in [1.165, 1.54) is 60.7 Å². The highest BCUT2D eigenvalue weighted by Gasteiger charge is 2.32. The Kier molecular flexibility index (Phi) is 14.0. The van der Waals surface area contributed by atoms with E-state index in [0.29, 0.717) is 37.8 Å². The zero-order chi connectivity index (χ0) is 57.0. The number of halogens is 2. The van der Waals surface area contributed by atoms with E-state index in [2.05, 4.69) is 10.6 Å². The molecule has 1 aliphatic heterocycles. The van der Waals surface area contributed by atoms with Gasteiger partial charge in [0.15, 0.2) is 5.43 Å². The van der Waals surface area contributed by atoms with Crippen molar-refractivity contribution in [1.82, 2.24) is 15.4 Å². The Hall–Kier alpha value is -10.1. The first-order valence-electron chi connectivity index (χ1n) is 24.2. The van der Waals surface area contributed by atoms with Gasteiger partial charge >= 0.3 is 29.1 Å². The average molecular weight is 1120 g/mol. The fraction of sp³-hybridized carbons (Fsp3) is 0.102. The maximum atomic E-state index is 13.9. The van der Waals surface area contributed by atoms with Gasteiger partial charge in [0.1, 0.15) is 17.1 Å². The summed E-state index contributed by atoms with van der Waals surface area (Å²) in [6, 6.07) is 30.8. The first-order valence-corrected chi connectivity index (χ1v) is 24.9. The van der Waals surface area contributed by atoms with Crippen LogP contribution in [0.4, 0.5) is 11.4 Å². The fourth-order valence-corrected chi connectivity index (χ4v) is 10.00. The zero-order valence-corrected chi connectivity index (χ0v) is 44.1. The summed E-state index contributed by atoms with van der Waals surface area (Å²) < 4.78 is 13.1. The molecule has 3 heterocycles. The van der Waals surface area contributed by atoms with E-state index in [1.54, 1.807) is 12.1 Å². The lowest BCUT2D eigenvalue weighted by atomic mass is 9.88. The number of hydrogen-bond donors (Lipinski definition) is 7. The topological polar surface area (TPSA) is 273 Å². The first kappa shape index (κ1) is 53.3. The van der Waals surface area contributed by atoms with E-state index in [1.807, 2.05) is 74.4 Å². The van der Waals surface area contributed by atoms with E-state index in [4.69, 9.17) is 36.9 Å². The Morgan fingerprint density at radius 3 is 1.84 bits per heavy atom. The number of hydrogen-bond acceptors (Lipinski definition) is 13. The number of nitrogens with one attached hydrogen (secondary N) is 2. The molecule has 402 valence electrons. The van der Waals surface area contributed by atoms with Crippen LogP contribution in [0, 0.1) is 0 Å². The minimum atomic E-state index is -1.43. The Morgan fingerprint density at radius 2 is 1.23 bits per heavy atom. The van der Waals surface area contributed by atoms with Crippen molar-refractivity contribution in [2.75, 3.05) is 38.0 Å². The number of phenolic OH excluding ortho intramolecular Hbond substituents is 1.